The molecule has 176 valence electrons. The van der Waals surface area contributed by atoms with E-state index in [-0.39, 0.29) is 23.3 Å². The van der Waals surface area contributed by atoms with Gasteiger partial charge in [-0.15, -0.1) is 11.3 Å². The fraction of sp³-hybridized carbons (Fsp3) is 0.750. The van der Waals surface area contributed by atoms with E-state index >= 15 is 0 Å². The van der Waals surface area contributed by atoms with Crippen molar-refractivity contribution >= 4 is 23.2 Å². The van der Waals surface area contributed by atoms with Crippen molar-refractivity contribution in [1.29, 1.82) is 0 Å². The van der Waals surface area contributed by atoms with E-state index in [1.807, 2.05) is 19.4 Å². The highest BCUT2D eigenvalue weighted by Crippen LogP contribution is 2.41. The topological polar surface area (TPSA) is 91.8 Å². The van der Waals surface area contributed by atoms with E-state index in [0.29, 0.717) is 6.61 Å². The number of carboxylic acid groups (broad SMARTS) is 1. The summed E-state index contributed by atoms with van der Waals surface area (Å²) in [6.45, 7) is 10.7. The van der Waals surface area contributed by atoms with Crippen LogP contribution in [0.2, 0.25) is 0 Å². The predicted octanol–water partition coefficient (Wildman–Crippen LogP) is 3.23. The maximum Gasteiger partial charge on any atom is 0.490 e. The van der Waals surface area contributed by atoms with Crippen LogP contribution in [-0.4, -0.2) is 65.4 Å². The molecule has 0 bridgehead atoms. The number of hydrogen-bond acceptors (Lipinski definition) is 6. The maximum atomic E-state index is 12.2. The second-order valence-electron chi connectivity index (χ2n) is 8.34. The first-order chi connectivity index (χ1) is 14.4. The van der Waals surface area contributed by atoms with Crippen molar-refractivity contribution in [3.63, 3.8) is 0 Å². The van der Waals surface area contributed by atoms with Gasteiger partial charge in [-0.1, -0.05) is 13.8 Å². The van der Waals surface area contributed by atoms with Gasteiger partial charge in [-0.2, -0.15) is 13.2 Å². The number of nitrogens with zero attached hydrogens (tertiary/aromatic N) is 2. The monoisotopic (exact) mass is 465 g/mol. The molecule has 2 fully saturated rings. The van der Waals surface area contributed by atoms with Crippen molar-refractivity contribution in [3.05, 3.63) is 16.1 Å². The fourth-order valence-corrected chi connectivity index (χ4v) is 4.62. The number of amides is 1. The molecule has 0 aromatic carbocycles. The van der Waals surface area contributed by atoms with Crippen LogP contribution in [0.25, 0.3) is 0 Å². The van der Waals surface area contributed by atoms with Gasteiger partial charge in [-0.05, 0) is 44.7 Å². The Morgan fingerprint density at radius 1 is 1.35 bits per heavy atom. The van der Waals surface area contributed by atoms with Gasteiger partial charge in [-0.3, -0.25) is 9.69 Å². The molecule has 7 nitrogen and oxygen atoms in total. The summed E-state index contributed by atoms with van der Waals surface area (Å²) in [6.07, 6.45) is -1.75. The zero-order valence-corrected chi connectivity index (χ0v) is 18.8. The first-order valence-electron chi connectivity index (χ1n) is 10.2. The van der Waals surface area contributed by atoms with Gasteiger partial charge >= 0.3 is 12.1 Å². The molecule has 1 amide bonds. The first-order valence-corrected chi connectivity index (χ1v) is 11.1. The Morgan fingerprint density at radius 2 is 1.97 bits per heavy atom. The lowest BCUT2D eigenvalue weighted by molar-refractivity contribution is -0.192. The van der Waals surface area contributed by atoms with Gasteiger partial charge in [0, 0.05) is 23.9 Å². The molecule has 1 aromatic heterocycles. The number of aromatic nitrogens is 1. The van der Waals surface area contributed by atoms with Crippen LogP contribution >= 0.6 is 11.3 Å². The quantitative estimate of drug-likeness (QED) is 0.710. The fourth-order valence-electron chi connectivity index (χ4n) is 3.80. The van der Waals surface area contributed by atoms with E-state index in [4.69, 9.17) is 14.6 Å². The Bertz CT molecular complexity index is 746. The zero-order valence-electron chi connectivity index (χ0n) is 18.0. The van der Waals surface area contributed by atoms with Gasteiger partial charge in [-0.25, -0.2) is 9.78 Å². The van der Waals surface area contributed by atoms with E-state index in [2.05, 4.69) is 22.1 Å². The predicted molar refractivity (Wildman–Crippen MR) is 110 cm³/mol. The number of aryl methyl sites for hydroxylation is 1. The molecule has 0 aliphatic carbocycles. The van der Waals surface area contributed by atoms with Crippen molar-refractivity contribution < 1.29 is 32.6 Å². The number of likely N-dealkylation sites (tertiary alicyclic amines) is 1. The van der Waals surface area contributed by atoms with Gasteiger partial charge in [0.25, 0.3) is 0 Å². The van der Waals surface area contributed by atoms with Gasteiger partial charge in [0.1, 0.15) is 0 Å². The van der Waals surface area contributed by atoms with Gasteiger partial charge < -0.3 is 15.2 Å². The number of thiazole rings is 1. The summed E-state index contributed by atoms with van der Waals surface area (Å²) in [5.74, 6) is -2.58. The molecule has 2 aliphatic heterocycles. The van der Waals surface area contributed by atoms with Crippen LogP contribution in [0.15, 0.2) is 5.51 Å². The number of aliphatic carboxylic acids is 1. The number of carboxylic acids is 1. The number of piperidine rings is 1. The van der Waals surface area contributed by atoms with E-state index in [9.17, 15) is 18.0 Å². The summed E-state index contributed by atoms with van der Waals surface area (Å²) in [5.41, 5.74) is 3.31. The third-order valence-corrected chi connectivity index (χ3v) is 6.84. The summed E-state index contributed by atoms with van der Waals surface area (Å²) in [4.78, 5) is 29.3. The van der Waals surface area contributed by atoms with Gasteiger partial charge in [0.2, 0.25) is 5.91 Å². The van der Waals surface area contributed by atoms with Crippen LogP contribution in [0.1, 0.15) is 43.7 Å². The molecular weight excluding hydrogens is 435 g/mol. The zero-order chi connectivity index (χ0) is 23.2. The Hall–Kier alpha value is -1.72. The van der Waals surface area contributed by atoms with Crippen molar-refractivity contribution in [3.8, 4) is 0 Å². The number of halogens is 3. The number of carbonyl (C=O) groups is 2. The van der Waals surface area contributed by atoms with Crippen molar-refractivity contribution in [2.24, 2.45) is 11.3 Å². The molecule has 2 aliphatic rings. The molecular formula is C20H30F3N3O4S. The molecule has 0 radical (unpaired) electrons. The van der Waals surface area contributed by atoms with Crippen LogP contribution in [-0.2, 0) is 20.9 Å². The van der Waals surface area contributed by atoms with Crippen molar-refractivity contribution in [2.45, 2.75) is 58.8 Å². The van der Waals surface area contributed by atoms with E-state index in [0.717, 1.165) is 51.2 Å². The largest absolute Gasteiger partial charge is 0.490 e. The summed E-state index contributed by atoms with van der Waals surface area (Å²) in [6, 6.07) is 0.161. The summed E-state index contributed by atoms with van der Waals surface area (Å²) < 4.78 is 37.4. The molecule has 2 saturated heterocycles. The highest BCUT2D eigenvalue weighted by atomic mass is 32.1. The molecule has 1 aromatic rings. The third-order valence-electron chi connectivity index (χ3n) is 5.92. The Balaban J connectivity index is 0.000000423. The maximum absolute atomic E-state index is 12.2. The summed E-state index contributed by atoms with van der Waals surface area (Å²) in [7, 11) is 0. The molecule has 1 atom stereocenters. The summed E-state index contributed by atoms with van der Waals surface area (Å²) >= 11 is 1.75. The molecule has 1 spiro atoms. The molecule has 2 N–H and O–H groups in total. The normalized spacial score (nSPS) is 21.5. The van der Waals surface area contributed by atoms with E-state index < -0.39 is 12.1 Å². The van der Waals surface area contributed by atoms with Crippen molar-refractivity contribution in [2.75, 3.05) is 26.3 Å². The van der Waals surface area contributed by atoms with Gasteiger partial charge in [0.05, 0.1) is 23.9 Å². The molecule has 3 rings (SSSR count). The molecule has 3 heterocycles. The van der Waals surface area contributed by atoms with Crippen LogP contribution in [0.4, 0.5) is 13.2 Å². The molecule has 11 heteroatoms. The SMILES string of the molecule is Cc1ncsc1CN1CCC2(CCOCC2NC(=O)C(C)C)CC1.O=C(O)C(F)(F)F. The van der Waals surface area contributed by atoms with E-state index in [1.54, 1.807) is 11.3 Å². The average molecular weight is 466 g/mol. The lowest BCUT2D eigenvalue weighted by Gasteiger charge is -2.49. The van der Waals surface area contributed by atoms with Crippen LogP contribution in [0.5, 0.6) is 0 Å². The Labute approximate surface area is 184 Å². The Kier molecular flexibility index (Phi) is 8.84. The number of rotatable bonds is 4. The highest BCUT2D eigenvalue weighted by molar-refractivity contribution is 7.09. The minimum absolute atomic E-state index is 0.0263. The second-order valence-corrected chi connectivity index (χ2v) is 9.28. The Morgan fingerprint density at radius 3 is 2.45 bits per heavy atom. The van der Waals surface area contributed by atoms with Gasteiger partial charge in [0.15, 0.2) is 0 Å². The molecule has 1 unspecified atom stereocenters. The second kappa shape index (κ2) is 10.7. The highest BCUT2D eigenvalue weighted by Gasteiger charge is 2.44. The van der Waals surface area contributed by atoms with Crippen molar-refractivity contribution in [1.82, 2.24) is 15.2 Å². The third kappa shape index (κ3) is 7.15. The minimum Gasteiger partial charge on any atom is -0.475 e. The average Bonchev–Trinajstić information content (AvgIpc) is 3.09. The number of alkyl halides is 3. The molecule has 31 heavy (non-hydrogen) atoms. The molecule has 0 saturated carbocycles. The number of nitrogens with one attached hydrogen (secondary N) is 1. The first kappa shape index (κ1) is 25.5. The number of ether oxygens (including phenoxy) is 1. The van der Waals surface area contributed by atoms with Crippen LogP contribution in [0.3, 0.4) is 0 Å². The van der Waals surface area contributed by atoms with Crippen LogP contribution in [0, 0.1) is 18.3 Å². The summed E-state index contributed by atoms with van der Waals surface area (Å²) in [5, 5.41) is 10.4. The number of carbonyl (C=O) groups excluding carboxylic acids is 1. The smallest absolute Gasteiger partial charge is 0.475 e. The number of hydrogen-bond donors (Lipinski definition) is 2. The van der Waals surface area contributed by atoms with Crippen LogP contribution < -0.4 is 5.32 Å². The van der Waals surface area contributed by atoms with E-state index in [1.165, 1.54) is 4.88 Å². The lowest BCUT2D eigenvalue weighted by Crippen LogP contribution is -2.58. The lowest BCUT2D eigenvalue weighted by atomic mass is 9.69. The minimum atomic E-state index is -5.08. The standard InChI is InChI=1S/C18H29N3O2S.C2HF3O2/c1-13(2)17(22)20-16-11-23-9-6-18(16)4-7-21(8-5-18)10-15-14(3)19-12-24-15;3-2(4,5)1(6)7/h12-13,16H,4-11H2,1-3H3,(H,20,22);(H,6,7).